The lowest BCUT2D eigenvalue weighted by Crippen LogP contribution is -2.36. The Labute approximate surface area is 118 Å². The minimum atomic E-state index is -4.77. The highest BCUT2D eigenvalue weighted by molar-refractivity contribution is 5.83. The molecule has 0 aliphatic heterocycles. The van der Waals surface area contributed by atoms with Crippen molar-refractivity contribution in [3.8, 4) is 5.75 Å². The first-order valence-electron chi connectivity index (χ1n) is 6.05. The molecular weight excluding hydrogens is 291 g/mol. The molecule has 0 fully saturated rings. The maximum absolute atomic E-state index is 12.0. The van der Waals surface area contributed by atoms with Crippen LogP contribution in [0.1, 0.15) is 12.5 Å². The molecule has 0 spiro atoms. The molecule has 1 amide bonds. The maximum atomic E-state index is 12.0. The number of carboxylic acids is 1. The topological polar surface area (TPSA) is 66.8 Å². The summed E-state index contributed by atoms with van der Waals surface area (Å²) >= 11 is 0. The second-order valence-corrected chi connectivity index (χ2v) is 4.17. The monoisotopic (exact) mass is 305 g/mol. The Morgan fingerprint density at radius 1 is 1.24 bits per heavy atom. The van der Waals surface area contributed by atoms with Gasteiger partial charge in [0, 0.05) is 6.54 Å². The summed E-state index contributed by atoms with van der Waals surface area (Å²) in [5.41, 5.74) is 0.471. The van der Waals surface area contributed by atoms with Gasteiger partial charge in [0.25, 0.3) is 0 Å². The van der Waals surface area contributed by atoms with Crippen molar-refractivity contribution in [3.63, 3.8) is 0 Å². The predicted molar refractivity (Wildman–Crippen MR) is 66.7 cm³/mol. The van der Waals surface area contributed by atoms with Crippen LogP contribution < -0.4 is 4.74 Å². The molecule has 1 aromatic rings. The average Bonchev–Trinajstić information content (AvgIpc) is 2.36. The highest BCUT2D eigenvalue weighted by atomic mass is 19.4. The summed E-state index contributed by atoms with van der Waals surface area (Å²) in [6.45, 7) is 1.46. The minimum absolute atomic E-state index is 0.0899. The van der Waals surface area contributed by atoms with Crippen LogP contribution >= 0.6 is 0 Å². The lowest BCUT2D eigenvalue weighted by molar-refractivity contribution is -0.274. The van der Waals surface area contributed by atoms with Crippen molar-refractivity contribution < 1.29 is 32.6 Å². The summed E-state index contributed by atoms with van der Waals surface area (Å²) in [4.78, 5) is 23.6. The molecule has 0 heterocycles. The third-order valence-electron chi connectivity index (χ3n) is 2.57. The molecule has 0 bridgehead atoms. The zero-order valence-electron chi connectivity index (χ0n) is 11.2. The van der Waals surface area contributed by atoms with Gasteiger partial charge in [0.2, 0.25) is 5.91 Å². The standard InChI is InChI=1S/C13H14F3NO4/c1-2-17(8-12(19)20)11(18)7-9-3-5-10(6-4-9)21-13(14,15)16/h3-6H,2,7-8H2,1H3,(H,19,20). The number of hydrogen-bond acceptors (Lipinski definition) is 3. The van der Waals surface area contributed by atoms with Gasteiger partial charge in [-0.05, 0) is 24.6 Å². The van der Waals surface area contributed by atoms with Crippen molar-refractivity contribution in [2.75, 3.05) is 13.1 Å². The fourth-order valence-electron chi connectivity index (χ4n) is 1.64. The SMILES string of the molecule is CCN(CC(=O)O)C(=O)Cc1ccc(OC(F)(F)F)cc1. The van der Waals surface area contributed by atoms with Crippen molar-refractivity contribution in [2.24, 2.45) is 0 Å². The molecule has 0 aliphatic carbocycles. The summed E-state index contributed by atoms with van der Waals surface area (Å²) in [6, 6.07) is 4.86. The van der Waals surface area contributed by atoms with Gasteiger partial charge in [-0.25, -0.2) is 0 Å². The second kappa shape index (κ2) is 6.96. The number of nitrogens with zero attached hydrogens (tertiary/aromatic N) is 1. The van der Waals surface area contributed by atoms with Crippen LogP contribution in [0.5, 0.6) is 5.75 Å². The van der Waals surface area contributed by atoms with Gasteiger partial charge in [-0.1, -0.05) is 12.1 Å². The first-order valence-corrected chi connectivity index (χ1v) is 6.05. The largest absolute Gasteiger partial charge is 0.573 e. The zero-order valence-corrected chi connectivity index (χ0v) is 11.2. The number of alkyl halides is 3. The normalized spacial score (nSPS) is 11.0. The van der Waals surface area contributed by atoms with Crippen LogP contribution in [0.15, 0.2) is 24.3 Å². The first-order chi connectivity index (χ1) is 9.71. The molecule has 8 heteroatoms. The third kappa shape index (κ3) is 6.15. The molecule has 0 radical (unpaired) electrons. The molecule has 1 N–H and O–H groups in total. The predicted octanol–water partition coefficient (Wildman–Crippen LogP) is 2.06. The molecule has 0 unspecified atom stereocenters. The van der Waals surface area contributed by atoms with E-state index in [-0.39, 0.29) is 18.7 Å². The molecule has 0 saturated heterocycles. The number of benzene rings is 1. The van der Waals surface area contributed by atoms with Crippen LogP contribution in [-0.2, 0) is 16.0 Å². The molecule has 5 nitrogen and oxygen atoms in total. The number of amides is 1. The van der Waals surface area contributed by atoms with E-state index in [4.69, 9.17) is 5.11 Å². The van der Waals surface area contributed by atoms with E-state index in [1.54, 1.807) is 6.92 Å². The highest BCUT2D eigenvalue weighted by Crippen LogP contribution is 2.22. The van der Waals surface area contributed by atoms with Gasteiger partial charge in [0.15, 0.2) is 0 Å². The molecule has 1 rings (SSSR count). The summed E-state index contributed by atoms with van der Waals surface area (Å²) in [6.07, 6.45) is -4.86. The van der Waals surface area contributed by atoms with E-state index in [0.29, 0.717) is 5.56 Å². The molecule has 0 aromatic heterocycles. The average molecular weight is 305 g/mol. The van der Waals surface area contributed by atoms with E-state index in [9.17, 15) is 22.8 Å². The summed E-state index contributed by atoms with van der Waals surface area (Å²) < 4.78 is 39.7. The number of halogens is 3. The van der Waals surface area contributed by atoms with Crippen LogP contribution in [0.3, 0.4) is 0 Å². The number of rotatable bonds is 6. The molecule has 1 aromatic carbocycles. The van der Waals surface area contributed by atoms with Gasteiger partial charge < -0.3 is 14.7 Å². The summed E-state index contributed by atoms with van der Waals surface area (Å²) in [5, 5.41) is 8.66. The number of ether oxygens (including phenoxy) is 1. The number of aliphatic carboxylic acids is 1. The Morgan fingerprint density at radius 3 is 2.24 bits per heavy atom. The Morgan fingerprint density at radius 2 is 1.81 bits per heavy atom. The van der Waals surface area contributed by atoms with Gasteiger partial charge in [-0.15, -0.1) is 13.2 Å². The van der Waals surface area contributed by atoms with Crippen LogP contribution in [0.4, 0.5) is 13.2 Å². The number of hydrogen-bond donors (Lipinski definition) is 1. The summed E-state index contributed by atoms with van der Waals surface area (Å²) in [7, 11) is 0. The Bertz CT molecular complexity index is 499. The van der Waals surface area contributed by atoms with E-state index < -0.39 is 24.8 Å². The molecule has 21 heavy (non-hydrogen) atoms. The van der Waals surface area contributed by atoms with E-state index >= 15 is 0 Å². The minimum Gasteiger partial charge on any atom is -0.480 e. The quantitative estimate of drug-likeness (QED) is 0.873. The van der Waals surface area contributed by atoms with Crippen LogP contribution in [-0.4, -0.2) is 41.3 Å². The number of likely N-dealkylation sites (N-methyl/N-ethyl adjacent to an activating group) is 1. The highest BCUT2D eigenvalue weighted by Gasteiger charge is 2.31. The van der Waals surface area contributed by atoms with E-state index in [1.165, 1.54) is 12.1 Å². The van der Waals surface area contributed by atoms with Crippen molar-refractivity contribution in [1.29, 1.82) is 0 Å². The number of carbonyl (C=O) groups excluding carboxylic acids is 1. The zero-order chi connectivity index (χ0) is 16.0. The molecule has 0 aliphatic rings. The lowest BCUT2D eigenvalue weighted by atomic mass is 10.1. The molecule has 0 saturated carbocycles. The first kappa shape index (κ1) is 16.8. The molecular formula is C13H14F3NO4. The lowest BCUT2D eigenvalue weighted by Gasteiger charge is -2.18. The van der Waals surface area contributed by atoms with Crippen LogP contribution in [0, 0.1) is 0 Å². The fraction of sp³-hybridized carbons (Fsp3) is 0.385. The fourth-order valence-corrected chi connectivity index (χ4v) is 1.64. The third-order valence-corrected chi connectivity index (χ3v) is 2.57. The van der Waals surface area contributed by atoms with E-state index in [0.717, 1.165) is 17.0 Å². The van der Waals surface area contributed by atoms with Crippen molar-refractivity contribution in [3.05, 3.63) is 29.8 Å². The van der Waals surface area contributed by atoms with Crippen LogP contribution in [0.2, 0.25) is 0 Å². The number of carbonyl (C=O) groups is 2. The Hall–Kier alpha value is -2.25. The van der Waals surface area contributed by atoms with Crippen molar-refractivity contribution in [1.82, 2.24) is 4.90 Å². The second-order valence-electron chi connectivity index (χ2n) is 4.17. The van der Waals surface area contributed by atoms with Crippen LogP contribution in [0.25, 0.3) is 0 Å². The summed E-state index contributed by atoms with van der Waals surface area (Å²) in [5.74, 6) is -1.92. The Balaban J connectivity index is 2.66. The van der Waals surface area contributed by atoms with E-state index in [2.05, 4.69) is 4.74 Å². The van der Waals surface area contributed by atoms with Gasteiger partial charge in [0.05, 0.1) is 6.42 Å². The molecule has 0 atom stereocenters. The Kier molecular flexibility index (Phi) is 5.57. The van der Waals surface area contributed by atoms with Gasteiger partial charge in [-0.3, -0.25) is 9.59 Å². The van der Waals surface area contributed by atoms with Gasteiger partial charge in [-0.2, -0.15) is 0 Å². The van der Waals surface area contributed by atoms with Gasteiger partial charge in [0.1, 0.15) is 12.3 Å². The maximum Gasteiger partial charge on any atom is 0.573 e. The molecule has 116 valence electrons. The van der Waals surface area contributed by atoms with Crippen molar-refractivity contribution in [2.45, 2.75) is 19.7 Å². The van der Waals surface area contributed by atoms with E-state index in [1.807, 2.05) is 0 Å². The smallest absolute Gasteiger partial charge is 0.480 e. The van der Waals surface area contributed by atoms with Gasteiger partial charge >= 0.3 is 12.3 Å². The number of carboxylic acid groups (broad SMARTS) is 1. The van der Waals surface area contributed by atoms with Crippen molar-refractivity contribution >= 4 is 11.9 Å².